The quantitative estimate of drug-likeness (QED) is 0.759. The molecule has 0 saturated carbocycles. The van der Waals surface area contributed by atoms with Crippen LogP contribution in [0.4, 0.5) is 0 Å². The molecule has 2 rings (SSSR count). The maximum atomic E-state index is 11.3. The number of para-hydroxylation sites is 1. The Morgan fingerprint density at radius 3 is 2.82 bits per heavy atom. The zero-order valence-corrected chi connectivity index (χ0v) is 9.71. The van der Waals surface area contributed by atoms with Crippen LogP contribution in [0.5, 0.6) is 5.75 Å². The van der Waals surface area contributed by atoms with Crippen LogP contribution in [0.25, 0.3) is 10.9 Å². The fraction of sp³-hybridized carbons (Fsp3) is 0.231. The number of carbonyl (C=O) groups is 1. The molecule has 0 aliphatic heterocycles. The predicted molar refractivity (Wildman–Crippen MR) is 63.8 cm³/mol. The lowest BCUT2D eigenvalue weighted by atomic mass is 10.2. The third-order valence-electron chi connectivity index (χ3n) is 2.43. The van der Waals surface area contributed by atoms with Gasteiger partial charge in [-0.1, -0.05) is 18.2 Å². The van der Waals surface area contributed by atoms with Crippen molar-refractivity contribution in [2.45, 2.75) is 13.0 Å². The van der Waals surface area contributed by atoms with Gasteiger partial charge in [0, 0.05) is 11.6 Å². The van der Waals surface area contributed by atoms with E-state index in [4.69, 9.17) is 4.74 Å². The van der Waals surface area contributed by atoms with E-state index in [0.29, 0.717) is 5.75 Å². The number of rotatable bonds is 3. The number of ether oxygens (including phenoxy) is 2. The standard InChI is InChI=1S/C13H13NO3/c1-9(13(15)16-2)17-11-7-3-5-10-6-4-8-14-12(10)11/h3-9H,1-2H3/t9-/m1/s1. The van der Waals surface area contributed by atoms with Crippen molar-refractivity contribution in [3.8, 4) is 5.75 Å². The molecule has 17 heavy (non-hydrogen) atoms. The summed E-state index contributed by atoms with van der Waals surface area (Å²) in [7, 11) is 1.34. The summed E-state index contributed by atoms with van der Waals surface area (Å²) in [5.74, 6) is 0.180. The van der Waals surface area contributed by atoms with Crippen LogP contribution in [0, 0.1) is 0 Å². The van der Waals surface area contributed by atoms with E-state index in [2.05, 4.69) is 9.72 Å². The highest BCUT2D eigenvalue weighted by Crippen LogP contribution is 2.23. The minimum absolute atomic E-state index is 0.405. The number of methoxy groups -OCH3 is 1. The Kier molecular flexibility index (Phi) is 3.23. The zero-order valence-electron chi connectivity index (χ0n) is 9.71. The van der Waals surface area contributed by atoms with E-state index in [1.165, 1.54) is 7.11 Å². The molecule has 0 saturated heterocycles. The molecule has 0 amide bonds. The van der Waals surface area contributed by atoms with Crippen molar-refractivity contribution in [2.75, 3.05) is 7.11 Å². The molecule has 88 valence electrons. The van der Waals surface area contributed by atoms with Gasteiger partial charge in [0.2, 0.25) is 0 Å². The van der Waals surface area contributed by atoms with Gasteiger partial charge in [-0.3, -0.25) is 4.98 Å². The molecule has 1 heterocycles. The van der Waals surface area contributed by atoms with Crippen LogP contribution in [0.15, 0.2) is 36.5 Å². The number of aromatic nitrogens is 1. The minimum Gasteiger partial charge on any atom is -0.477 e. The second-order valence-electron chi connectivity index (χ2n) is 3.61. The van der Waals surface area contributed by atoms with Crippen LogP contribution in [-0.2, 0) is 9.53 Å². The third kappa shape index (κ3) is 2.36. The first-order chi connectivity index (χ1) is 8.22. The Labute approximate surface area is 99.2 Å². The number of esters is 1. The van der Waals surface area contributed by atoms with E-state index in [-0.39, 0.29) is 0 Å². The molecule has 2 aromatic rings. The SMILES string of the molecule is COC(=O)[C@@H](C)Oc1cccc2cccnc12. The molecule has 1 aromatic carbocycles. The minimum atomic E-state index is -0.646. The van der Waals surface area contributed by atoms with Crippen LogP contribution < -0.4 is 4.74 Å². The molecule has 0 aliphatic rings. The molecule has 1 aromatic heterocycles. The van der Waals surface area contributed by atoms with E-state index in [9.17, 15) is 4.79 Å². The van der Waals surface area contributed by atoms with Crippen LogP contribution in [-0.4, -0.2) is 24.2 Å². The highest BCUT2D eigenvalue weighted by atomic mass is 16.6. The molecule has 4 heteroatoms. The highest BCUT2D eigenvalue weighted by molar-refractivity contribution is 5.84. The molecular formula is C13H13NO3. The maximum Gasteiger partial charge on any atom is 0.346 e. The van der Waals surface area contributed by atoms with Crippen LogP contribution in [0.1, 0.15) is 6.92 Å². The molecule has 1 atom stereocenters. The summed E-state index contributed by atoms with van der Waals surface area (Å²) in [5, 5.41) is 0.974. The fourth-order valence-electron chi connectivity index (χ4n) is 1.58. The molecule has 0 fully saturated rings. The monoisotopic (exact) mass is 231 g/mol. The first-order valence-electron chi connectivity index (χ1n) is 5.30. The van der Waals surface area contributed by atoms with Gasteiger partial charge in [0.05, 0.1) is 7.11 Å². The smallest absolute Gasteiger partial charge is 0.346 e. The molecule has 0 bridgehead atoms. The van der Waals surface area contributed by atoms with Crippen molar-refractivity contribution < 1.29 is 14.3 Å². The van der Waals surface area contributed by atoms with Gasteiger partial charge in [-0.15, -0.1) is 0 Å². The summed E-state index contributed by atoms with van der Waals surface area (Å²) < 4.78 is 10.2. The van der Waals surface area contributed by atoms with Gasteiger partial charge in [0.15, 0.2) is 6.10 Å². The van der Waals surface area contributed by atoms with Crippen LogP contribution in [0.3, 0.4) is 0 Å². The van der Waals surface area contributed by atoms with Crippen molar-refractivity contribution in [3.63, 3.8) is 0 Å². The van der Waals surface area contributed by atoms with Gasteiger partial charge in [-0.2, -0.15) is 0 Å². The number of nitrogens with zero attached hydrogens (tertiary/aromatic N) is 1. The van der Waals surface area contributed by atoms with Gasteiger partial charge in [0.1, 0.15) is 11.3 Å². The fourth-order valence-corrected chi connectivity index (χ4v) is 1.58. The third-order valence-corrected chi connectivity index (χ3v) is 2.43. The van der Waals surface area contributed by atoms with Crippen molar-refractivity contribution in [2.24, 2.45) is 0 Å². The Hall–Kier alpha value is -2.10. The van der Waals surface area contributed by atoms with E-state index in [1.807, 2.05) is 24.3 Å². The molecule has 0 unspecified atom stereocenters. The Bertz CT molecular complexity index is 534. The second-order valence-corrected chi connectivity index (χ2v) is 3.61. The summed E-state index contributed by atoms with van der Waals surface area (Å²) in [6, 6.07) is 9.39. The van der Waals surface area contributed by atoms with Crippen molar-refractivity contribution >= 4 is 16.9 Å². The Morgan fingerprint density at radius 1 is 1.29 bits per heavy atom. The topological polar surface area (TPSA) is 48.4 Å². The lowest BCUT2D eigenvalue weighted by Crippen LogP contribution is -2.25. The van der Waals surface area contributed by atoms with Gasteiger partial charge in [-0.25, -0.2) is 4.79 Å². The number of benzene rings is 1. The highest BCUT2D eigenvalue weighted by Gasteiger charge is 2.16. The Balaban J connectivity index is 2.33. The summed E-state index contributed by atoms with van der Waals surface area (Å²) in [5.41, 5.74) is 0.741. The van der Waals surface area contributed by atoms with Gasteiger partial charge in [0.25, 0.3) is 0 Å². The van der Waals surface area contributed by atoms with E-state index < -0.39 is 12.1 Å². The summed E-state index contributed by atoms with van der Waals surface area (Å²) in [4.78, 5) is 15.5. The molecule has 0 aliphatic carbocycles. The van der Waals surface area contributed by atoms with Crippen molar-refractivity contribution in [1.82, 2.24) is 4.98 Å². The molecule has 0 N–H and O–H groups in total. The summed E-state index contributed by atoms with van der Waals surface area (Å²) in [6.07, 6.45) is 1.05. The lowest BCUT2D eigenvalue weighted by molar-refractivity contribution is -0.147. The summed E-state index contributed by atoms with van der Waals surface area (Å²) in [6.45, 7) is 1.65. The normalized spacial score (nSPS) is 12.1. The van der Waals surface area contributed by atoms with Crippen molar-refractivity contribution in [3.05, 3.63) is 36.5 Å². The summed E-state index contributed by atoms with van der Waals surface area (Å²) >= 11 is 0. The average Bonchev–Trinajstić information content (AvgIpc) is 2.38. The number of hydrogen-bond donors (Lipinski definition) is 0. The van der Waals surface area contributed by atoms with Gasteiger partial charge >= 0.3 is 5.97 Å². The first kappa shape index (κ1) is 11.4. The zero-order chi connectivity index (χ0) is 12.3. The van der Waals surface area contributed by atoms with E-state index in [1.54, 1.807) is 19.2 Å². The molecular weight excluding hydrogens is 218 g/mol. The second kappa shape index (κ2) is 4.82. The van der Waals surface area contributed by atoms with Crippen LogP contribution >= 0.6 is 0 Å². The Morgan fingerprint density at radius 2 is 2.06 bits per heavy atom. The van der Waals surface area contributed by atoms with Crippen molar-refractivity contribution in [1.29, 1.82) is 0 Å². The number of fused-ring (bicyclic) bond motifs is 1. The average molecular weight is 231 g/mol. The largest absolute Gasteiger partial charge is 0.477 e. The molecule has 0 spiro atoms. The predicted octanol–water partition coefficient (Wildman–Crippen LogP) is 2.18. The number of pyridine rings is 1. The number of hydrogen-bond acceptors (Lipinski definition) is 4. The first-order valence-corrected chi connectivity index (χ1v) is 5.30. The maximum absolute atomic E-state index is 11.3. The van der Waals surface area contributed by atoms with Gasteiger partial charge < -0.3 is 9.47 Å². The molecule has 4 nitrogen and oxygen atoms in total. The van der Waals surface area contributed by atoms with Crippen LogP contribution in [0.2, 0.25) is 0 Å². The van der Waals surface area contributed by atoms with Gasteiger partial charge in [-0.05, 0) is 19.1 Å². The molecule has 0 radical (unpaired) electrons. The lowest BCUT2D eigenvalue weighted by Gasteiger charge is -2.13. The van der Waals surface area contributed by atoms with E-state index >= 15 is 0 Å². The number of carbonyl (C=O) groups excluding carboxylic acids is 1. The van der Waals surface area contributed by atoms with E-state index in [0.717, 1.165) is 10.9 Å².